The van der Waals surface area contributed by atoms with Gasteiger partial charge < -0.3 is 8.98 Å². The van der Waals surface area contributed by atoms with Crippen molar-refractivity contribution in [1.29, 1.82) is 0 Å². The fourth-order valence-electron chi connectivity index (χ4n) is 2.60. The molecule has 0 unspecified atom stereocenters. The number of aromatic nitrogens is 2. The van der Waals surface area contributed by atoms with Crippen molar-refractivity contribution in [2.75, 3.05) is 0 Å². The van der Waals surface area contributed by atoms with Gasteiger partial charge in [0.1, 0.15) is 17.4 Å². The van der Waals surface area contributed by atoms with Crippen LogP contribution in [0.25, 0.3) is 11.0 Å². The molecule has 3 aromatic rings. The van der Waals surface area contributed by atoms with E-state index >= 15 is 0 Å². The number of rotatable bonds is 6. The molecule has 21 heavy (non-hydrogen) atoms. The third kappa shape index (κ3) is 2.89. The van der Waals surface area contributed by atoms with Gasteiger partial charge in [0.2, 0.25) is 0 Å². The maximum absolute atomic E-state index is 12.2. The summed E-state index contributed by atoms with van der Waals surface area (Å²) in [6.07, 6.45) is 3.15. The monoisotopic (exact) mass is 282 g/mol. The Balaban J connectivity index is 1.73. The second-order valence-electron chi connectivity index (χ2n) is 5.06. The molecule has 0 bridgehead atoms. The molecule has 0 aliphatic heterocycles. The largest absolute Gasteiger partial charge is 0.469 e. The highest BCUT2D eigenvalue weighted by Crippen LogP contribution is 2.17. The van der Waals surface area contributed by atoms with Crippen molar-refractivity contribution in [3.8, 4) is 0 Å². The lowest BCUT2D eigenvalue weighted by molar-refractivity contribution is -0.118. The number of aryl methyl sites for hydroxylation is 2. The first-order valence-electron chi connectivity index (χ1n) is 7.26. The van der Waals surface area contributed by atoms with E-state index in [0.29, 0.717) is 19.3 Å². The molecule has 0 aliphatic carbocycles. The molecule has 0 aliphatic rings. The molecule has 2 aromatic heterocycles. The number of hydrogen-bond acceptors (Lipinski definition) is 3. The molecule has 4 nitrogen and oxygen atoms in total. The number of ketones is 1. The first-order valence-corrected chi connectivity index (χ1v) is 7.26. The Morgan fingerprint density at radius 1 is 1.24 bits per heavy atom. The van der Waals surface area contributed by atoms with Crippen LogP contribution in [0.5, 0.6) is 0 Å². The van der Waals surface area contributed by atoms with Gasteiger partial charge in [-0.15, -0.1) is 0 Å². The Hall–Kier alpha value is -2.36. The maximum Gasteiger partial charge on any atom is 0.140 e. The van der Waals surface area contributed by atoms with Crippen LogP contribution in [-0.2, 0) is 24.2 Å². The molecule has 0 radical (unpaired) electrons. The molecule has 3 rings (SSSR count). The second-order valence-corrected chi connectivity index (χ2v) is 5.06. The minimum Gasteiger partial charge on any atom is -0.469 e. The highest BCUT2D eigenvalue weighted by Gasteiger charge is 2.13. The van der Waals surface area contributed by atoms with E-state index in [9.17, 15) is 4.79 Å². The third-order valence-corrected chi connectivity index (χ3v) is 3.64. The molecule has 1 aromatic carbocycles. The van der Waals surface area contributed by atoms with Crippen LogP contribution >= 0.6 is 0 Å². The van der Waals surface area contributed by atoms with E-state index in [-0.39, 0.29) is 5.78 Å². The fraction of sp³-hybridized carbons (Fsp3) is 0.294. The highest BCUT2D eigenvalue weighted by molar-refractivity contribution is 5.82. The number of benzene rings is 1. The summed E-state index contributed by atoms with van der Waals surface area (Å²) in [6, 6.07) is 11.7. The standard InChI is InChI=1S/C17H18N2O2/c1-2-19-16-8-4-3-7-15(16)18-17(19)12-13(20)9-10-14-6-5-11-21-14/h3-8,11H,2,9-10,12H2,1H3. The minimum absolute atomic E-state index is 0.191. The van der Waals surface area contributed by atoms with Gasteiger partial charge in [0, 0.05) is 19.4 Å². The van der Waals surface area contributed by atoms with Crippen molar-refractivity contribution < 1.29 is 9.21 Å². The van der Waals surface area contributed by atoms with Crippen LogP contribution in [0.2, 0.25) is 0 Å². The van der Waals surface area contributed by atoms with Gasteiger partial charge in [0.25, 0.3) is 0 Å². The lowest BCUT2D eigenvalue weighted by Crippen LogP contribution is -2.10. The van der Waals surface area contributed by atoms with Gasteiger partial charge >= 0.3 is 0 Å². The number of imidazole rings is 1. The fourth-order valence-corrected chi connectivity index (χ4v) is 2.60. The first kappa shape index (κ1) is 13.6. The van der Waals surface area contributed by atoms with E-state index in [1.807, 2.05) is 36.4 Å². The average molecular weight is 282 g/mol. The zero-order chi connectivity index (χ0) is 14.7. The van der Waals surface area contributed by atoms with Crippen LogP contribution in [0.4, 0.5) is 0 Å². The molecular formula is C17H18N2O2. The van der Waals surface area contributed by atoms with E-state index in [4.69, 9.17) is 4.42 Å². The zero-order valence-electron chi connectivity index (χ0n) is 12.1. The van der Waals surface area contributed by atoms with Crippen molar-refractivity contribution in [3.05, 3.63) is 54.2 Å². The van der Waals surface area contributed by atoms with Crippen molar-refractivity contribution in [3.63, 3.8) is 0 Å². The van der Waals surface area contributed by atoms with Gasteiger partial charge in [-0.25, -0.2) is 4.98 Å². The third-order valence-electron chi connectivity index (χ3n) is 3.64. The molecule has 4 heteroatoms. The first-order chi connectivity index (χ1) is 10.3. The van der Waals surface area contributed by atoms with Crippen molar-refractivity contribution >= 4 is 16.8 Å². The summed E-state index contributed by atoms with van der Waals surface area (Å²) in [5, 5.41) is 0. The molecule has 108 valence electrons. The molecular weight excluding hydrogens is 264 g/mol. The summed E-state index contributed by atoms with van der Waals surface area (Å²) in [5.41, 5.74) is 2.04. The van der Waals surface area contributed by atoms with Gasteiger partial charge in [-0.1, -0.05) is 12.1 Å². The highest BCUT2D eigenvalue weighted by atomic mass is 16.3. The van der Waals surface area contributed by atoms with E-state index in [2.05, 4.69) is 16.5 Å². The Labute approximate surface area is 123 Å². The van der Waals surface area contributed by atoms with Crippen LogP contribution < -0.4 is 0 Å². The zero-order valence-corrected chi connectivity index (χ0v) is 12.1. The van der Waals surface area contributed by atoms with Crippen molar-refractivity contribution in [2.24, 2.45) is 0 Å². The number of furan rings is 1. The average Bonchev–Trinajstić information content (AvgIpc) is 3.12. The lowest BCUT2D eigenvalue weighted by atomic mass is 10.1. The quantitative estimate of drug-likeness (QED) is 0.696. The Morgan fingerprint density at radius 3 is 2.86 bits per heavy atom. The number of carbonyl (C=O) groups excluding carboxylic acids is 1. The number of nitrogens with zero attached hydrogens (tertiary/aromatic N) is 2. The molecule has 0 amide bonds. The van der Waals surface area contributed by atoms with Gasteiger partial charge in [-0.2, -0.15) is 0 Å². The Morgan fingerprint density at radius 2 is 2.10 bits per heavy atom. The second kappa shape index (κ2) is 5.95. The van der Waals surface area contributed by atoms with Crippen LogP contribution in [-0.4, -0.2) is 15.3 Å². The van der Waals surface area contributed by atoms with Crippen molar-refractivity contribution in [2.45, 2.75) is 32.7 Å². The molecule has 0 fully saturated rings. The summed E-state index contributed by atoms with van der Waals surface area (Å²) in [4.78, 5) is 16.7. The molecule has 0 N–H and O–H groups in total. The molecule has 0 saturated heterocycles. The lowest BCUT2D eigenvalue weighted by Gasteiger charge is -2.05. The number of hydrogen-bond donors (Lipinski definition) is 0. The summed E-state index contributed by atoms with van der Waals surface area (Å²) in [7, 11) is 0. The van der Waals surface area contributed by atoms with E-state index in [1.165, 1.54) is 0 Å². The number of para-hydroxylation sites is 2. The maximum atomic E-state index is 12.2. The number of fused-ring (bicyclic) bond motifs is 1. The predicted octanol–water partition coefficient (Wildman–Crippen LogP) is 3.39. The SMILES string of the molecule is CCn1c(CC(=O)CCc2ccco2)nc2ccccc21. The van der Waals surface area contributed by atoms with E-state index < -0.39 is 0 Å². The molecule has 2 heterocycles. The van der Waals surface area contributed by atoms with Crippen LogP contribution in [0.1, 0.15) is 24.9 Å². The molecule has 0 saturated carbocycles. The Kier molecular flexibility index (Phi) is 3.86. The normalized spacial score (nSPS) is 11.1. The van der Waals surface area contributed by atoms with Crippen molar-refractivity contribution in [1.82, 2.24) is 9.55 Å². The predicted molar refractivity (Wildman–Crippen MR) is 81.1 cm³/mol. The Bertz CT molecular complexity index is 741. The van der Waals surface area contributed by atoms with Gasteiger partial charge in [-0.05, 0) is 31.2 Å². The van der Waals surface area contributed by atoms with Gasteiger partial charge in [-0.3, -0.25) is 4.79 Å². The summed E-state index contributed by atoms with van der Waals surface area (Å²) in [5.74, 6) is 1.90. The summed E-state index contributed by atoms with van der Waals surface area (Å²) < 4.78 is 7.37. The molecule has 0 spiro atoms. The molecule has 0 atom stereocenters. The van der Waals surface area contributed by atoms with Crippen LogP contribution in [0.3, 0.4) is 0 Å². The number of Topliss-reactive ketones (excluding diaryl/α,β-unsaturated/α-hetero) is 1. The van der Waals surface area contributed by atoms with Gasteiger partial charge in [0.05, 0.1) is 23.7 Å². The van der Waals surface area contributed by atoms with E-state index in [1.54, 1.807) is 6.26 Å². The van der Waals surface area contributed by atoms with Crippen LogP contribution in [0.15, 0.2) is 47.1 Å². The van der Waals surface area contributed by atoms with E-state index in [0.717, 1.165) is 29.2 Å². The smallest absolute Gasteiger partial charge is 0.140 e. The minimum atomic E-state index is 0.191. The topological polar surface area (TPSA) is 48.0 Å². The van der Waals surface area contributed by atoms with Crippen LogP contribution in [0, 0.1) is 0 Å². The summed E-state index contributed by atoms with van der Waals surface area (Å²) >= 11 is 0. The van der Waals surface area contributed by atoms with Gasteiger partial charge in [0.15, 0.2) is 0 Å². The number of carbonyl (C=O) groups is 1. The summed E-state index contributed by atoms with van der Waals surface area (Å²) in [6.45, 7) is 2.90.